The molecule has 29 heavy (non-hydrogen) atoms. The van der Waals surface area contributed by atoms with E-state index in [1.807, 2.05) is 36.5 Å². The van der Waals surface area contributed by atoms with Crippen LogP contribution < -0.4 is 22.1 Å². The molecule has 0 bridgehead atoms. The minimum atomic E-state index is -0.647. The van der Waals surface area contributed by atoms with E-state index in [-0.39, 0.29) is 23.0 Å². The zero-order valence-corrected chi connectivity index (χ0v) is 15.1. The number of benzene rings is 1. The summed E-state index contributed by atoms with van der Waals surface area (Å²) >= 11 is 0. The van der Waals surface area contributed by atoms with Crippen molar-refractivity contribution in [1.29, 1.82) is 10.5 Å². The van der Waals surface area contributed by atoms with Gasteiger partial charge >= 0.3 is 0 Å². The Morgan fingerprint density at radius 1 is 1.24 bits per heavy atom. The largest absolute Gasteiger partial charge is 0.397 e. The lowest BCUT2D eigenvalue weighted by atomic mass is 9.94. The summed E-state index contributed by atoms with van der Waals surface area (Å²) in [5.74, 6) is 1.36. The summed E-state index contributed by atoms with van der Waals surface area (Å²) in [4.78, 5) is 13.0. The molecule has 1 aliphatic heterocycles. The van der Waals surface area contributed by atoms with E-state index < -0.39 is 6.04 Å². The standard InChI is InChI=1S/C18H14N10O/c1-8-24-17(29-28-8)10-4-2-3-9(5-10)14-12-13(21)11(6-19)15(22)26-16(12)27-18(25-14)23-7-20/h2-5,14H,1H3,(H6,21,22,23,25,26,27). The Balaban J connectivity index is 1.89. The summed E-state index contributed by atoms with van der Waals surface area (Å²) in [6.07, 6.45) is 1.81. The van der Waals surface area contributed by atoms with Crippen molar-refractivity contribution in [3.05, 3.63) is 46.8 Å². The molecule has 0 fully saturated rings. The SMILES string of the molecule is Cc1noc(-c2cccc(C3N=C(NC#N)Nc4nc(N)c(C#N)c(N)c43)c2)n1. The van der Waals surface area contributed by atoms with Gasteiger partial charge in [0.15, 0.2) is 12.0 Å². The van der Waals surface area contributed by atoms with E-state index in [2.05, 4.69) is 30.8 Å². The molecule has 0 saturated carbocycles. The smallest absolute Gasteiger partial charge is 0.257 e. The maximum atomic E-state index is 9.40. The monoisotopic (exact) mass is 386 g/mol. The second-order valence-corrected chi connectivity index (χ2v) is 6.17. The van der Waals surface area contributed by atoms with Crippen LogP contribution in [0.2, 0.25) is 0 Å². The van der Waals surface area contributed by atoms with E-state index in [0.29, 0.717) is 28.7 Å². The van der Waals surface area contributed by atoms with Crippen molar-refractivity contribution in [3.63, 3.8) is 0 Å². The van der Waals surface area contributed by atoms with Crippen molar-refractivity contribution in [3.8, 4) is 23.7 Å². The number of nitrogen functional groups attached to an aromatic ring is 2. The van der Waals surface area contributed by atoms with Gasteiger partial charge in [0.1, 0.15) is 29.3 Å². The first kappa shape index (κ1) is 17.8. The van der Waals surface area contributed by atoms with Gasteiger partial charge in [-0.1, -0.05) is 17.3 Å². The van der Waals surface area contributed by atoms with Crippen molar-refractivity contribution >= 4 is 23.3 Å². The summed E-state index contributed by atoms with van der Waals surface area (Å²) in [5.41, 5.74) is 14.2. The third-order valence-corrected chi connectivity index (χ3v) is 4.33. The zero-order chi connectivity index (χ0) is 20.5. The molecule has 6 N–H and O–H groups in total. The highest BCUT2D eigenvalue weighted by atomic mass is 16.5. The average molecular weight is 386 g/mol. The van der Waals surface area contributed by atoms with E-state index in [1.54, 1.807) is 6.92 Å². The molecule has 142 valence electrons. The second-order valence-electron chi connectivity index (χ2n) is 6.17. The number of aromatic nitrogens is 3. The van der Waals surface area contributed by atoms with Crippen LogP contribution in [0.15, 0.2) is 33.8 Å². The molecule has 11 nitrogen and oxygen atoms in total. The Kier molecular flexibility index (Phi) is 4.18. The van der Waals surface area contributed by atoms with Gasteiger partial charge in [0, 0.05) is 11.1 Å². The molecule has 0 radical (unpaired) electrons. The fraction of sp³-hybridized carbons (Fsp3) is 0.111. The van der Waals surface area contributed by atoms with E-state index in [0.717, 1.165) is 5.56 Å². The van der Waals surface area contributed by atoms with Crippen LogP contribution in [0.5, 0.6) is 0 Å². The number of pyridine rings is 1. The van der Waals surface area contributed by atoms with Crippen LogP contribution in [-0.4, -0.2) is 21.1 Å². The molecule has 3 heterocycles. The molecule has 1 atom stereocenters. The van der Waals surface area contributed by atoms with E-state index in [9.17, 15) is 5.26 Å². The minimum Gasteiger partial charge on any atom is -0.397 e. The maximum absolute atomic E-state index is 9.40. The molecule has 0 amide bonds. The Morgan fingerprint density at radius 2 is 2.07 bits per heavy atom. The number of nitrogens with two attached hydrogens (primary N) is 2. The predicted octanol–water partition coefficient (Wildman–Crippen LogP) is 1.42. The summed E-state index contributed by atoms with van der Waals surface area (Å²) in [5, 5.41) is 27.5. The van der Waals surface area contributed by atoms with Gasteiger partial charge in [-0.15, -0.1) is 0 Å². The van der Waals surface area contributed by atoms with E-state index in [4.69, 9.17) is 21.3 Å². The van der Waals surface area contributed by atoms with Crippen LogP contribution in [0, 0.1) is 29.7 Å². The van der Waals surface area contributed by atoms with Gasteiger partial charge in [0.05, 0.1) is 5.69 Å². The highest BCUT2D eigenvalue weighted by molar-refractivity contribution is 5.98. The topological polar surface area (TPSA) is 188 Å². The summed E-state index contributed by atoms with van der Waals surface area (Å²) in [7, 11) is 0. The van der Waals surface area contributed by atoms with Gasteiger partial charge in [0.25, 0.3) is 5.89 Å². The van der Waals surface area contributed by atoms with Gasteiger partial charge in [-0.2, -0.15) is 15.5 Å². The quantitative estimate of drug-likeness (QED) is 0.370. The zero-order valence-electron chi connectivity index (χ0n) is 15.1. The number of fused-ring (bicyclic) bond motifs is 1. The highest BCUT2D eigenvalue weighted by Crippen LogP contribution is 2.41. The van der Waals surface area contributed by atoms with Crippen LogP contribution >= 0.6 is 0 Å². The lowest BCUT2D eigenvalue weighted by molar-refractivity contribution is 0.425. The number of aryl methyl sites for hydroxylation is 1. The van der Waals surface area contributed by atoms with Crippen LogP contribution in [0.4, 0.5) is 17.3 Å². The first-order valence-corrected chi connectivity index (χ1v) is 8.41. The molecular weight excluding hydrogens is 372 g/mol. The molecule has 4 rings (SSSR count). The third kappa shape index (κ3) is 3.02. The molecule has 1 unspecified atom stereocenters. The molecule has 0 spiro atoms. The normalized spacial score (nSPS) is 14.7. The van der Waals surface area contributed by atoms with E-state index >= 15 is 0 Å². The lowest BCUT2D eigenvalue weighted by Crippen LogP contribution is -2.32. The number of nitrogens with zero attached hydrogens (tertiary/aromatic N) is 6. The number of hydrogen-bond acceptors (Lipinski definition) is 11. The van der Waals surface area contributed by atoms with Crippen molar-refractivity contribution in [2.45, 2.75) is 13.0 Å². The molecule has 2 aromatic heterocycles. The Hall–Kier alpha value is -4.64. The van der Waals surface area contributed by atoms with Gasteiger partial charge in [-0.05, 0) is 24.6 Å². The first-order valence-electron chi connectivity index (χ1n) is 8.41. The Morgan fingerprint density at radius 3 is 2.76 bits per heavy atom. The van der Waals surface area contributed by atoms with Crippen molar-refractivity contribution in [2.24, 2.45) is 4.99 Å². The lowest BCUT2D eigenvalue weighted by Gasteiger charge is -2.26. The van der Waals surface area contributed by atoms with Crippen LogP contribution in [0.3, 0.4) is 0 Å². The third-order valence-electron chi connectivity index (χ3n) is 4.33. The number of nitriles is 2. The molecule has 3 aromatic rings. The molecule has 1 aliphatic rings. The minimum absolute atomic E-state index is 0.0108. The summed E-state index contributed by atoms with van der Waals surface area (Å²) < 4.78 is 5.24. The molecular formula is C18H14N10O. The van der Waals surface area contributed by atoms with Crippen LogP contribution in [-0.2, 0) is 0 Å². The van der Waals surface area contributed by atoms with Gasteiger partial charge in [0.2, 0.25) is 5.96 Å². The molecule has 0 aliphatic carbocycles. The number of rotatable bonds is 2. The number of guanidine groups is 1. The highest BCUT2D eigenvalue weighted by Gasteiger charge is 2.30. The van der Waals surface area contributed by atoms with Gasteiger partial charge < -0.3 is 21.3 Å². The van der Waals surface area contributed by atoms with E-state index in [1.165, 1.54) is 0 Å². The second kappa shape index (κ2) is 6.83. The van der Waals surface area contributed by atoms with Crippen molar-refractivity contribution in [1.82, 2.24) is 20.4 Å². The van der Waals surface area contributed by atoms with Gasteiger partial charge in [-0.3, -0.25) is 5.32 Å². The summed E-state index contributed by atoms with van der Waals surface area (Å²) in [6.45, 7) is 1.73. The number of aliphatic imine (C=N–C) groups is 1. The number of hydrogen-bond donors (Lipinski definition) is 4. The summed E-state index contributed by atoms with van der Waals surface area (Å²) in [6, 6.07) is 8.61. The Labute approximate surface area is 164 Å². The predicted molar refractivity (Wildman–Crippen MR) is 104 cm³/mol. The molecule has 0 saturated heterocycles. The average Bonchev–Trinajstić information content (AvgIpc) is 3.14. The molecule has 11 heteroatoms. The van der Waals surface area contributed by atoms with Crippen LogP contribution in [0.25, 0.3) is 11.5 Å². The first-order chi connectivity index (χ1) is 14.0. The maximum Gasteiger partial charge on any atom is 0.257 e. The van der Waals surface area contributed by atoms with Crippen LogP contribution in [0.1, 0.15) is 28.6 Å². The molecule has 1 aromatic carbocycles. The fourth-order valence-electron chi connectivity index (χ4n) is 3.08. The number of anilines is 3. The van der Waals surface area contributed by atoms with Crippen molar-refractivity contribution in [2.75, 3.05) is 16.8 Å². The van der Waals surface area contributed by atoms with Gasteiger partial charge in [-0.25, -0.2) is 9.98 Å². The number of nitrogens with one attached hydrogen (secondary N) is 2. The fourth-order valence-corrected chi connectivity index (χ4v) is 3.08. The van der Waals surface area contributed by atoms with Crippen molar-refractivity contribution < 1.29 is 4.52 Å². The Bertz CT molecular complexity index is 1230.